The summed E-state index contributed by atoms with van der Waals surface area (Å²) in [6.45, 7) is 5.67. The number of carbonyl (C=O) groups excluding carboxylic acids is 1. The number of benzene rings is 1. The molecule has 0 unspecified atom stereocenters. The molecule has 188 valence electrons. The van der Waals surface area contributed by atoms with Crippen LogP contribution in [0.2, 0.25) is 0 Å². The lowest BCUT2D eigenvalue weighted by molar-refractivity contribution is -0.132. The van der Waals surface area contributed by atoms with Crippen LogP contribution in [0.15, 0.2) is 24.4 Å². The number of alkyl halides is 2. The fraction of sp³-hybridized carbons (Fsp3) is 0.500. The molecule has 9 heteroatoms. The van der Waals surface area contributed by atoms with Gasteiger partial charge < -0.3 is 14.4 Å². The summed E-state index contributed by atoms with van der Waals surface area (Å²) < 4.78 is 36.9. The van der Waals surface area contributed by atoms with E-state index in [2.05, 4.69) is 30.6 Å². The van der Waals surface area contributed by atoms with Crippen molar-refractivity contribution in [2.24, 2.45) is 0 Å². The van der Waals surface area contributed by atoms with Gasteiger partial charge in [-0.2, -0.15) is 13.9 Å². The van der Waals surface area contributed by atoms with Crippen molar-refractivity contribution in [2.75, 3.05) is 7.11 Å². The Morgan fingerprint density at radius 2 is 1.97 bits per heavy atom. The molecule has 1 fully saturated rings. The summed E-state index contributed by atoms with van der Waals surface area (Å²) in [4.78, 5) is 20.0. The maximum atomic E-state index is 13.3. The summed E-state index contributed by atoms with van der Waals surface area (Å²) in [6, 6.07) is 5.23. The van der Waals surface area contributed by atoms with Crippen LogP contribution in [0.5, 0.6) is 11.5 Å². The summed E-state index contributed by atoms with van der Waals surface area (Å²) in [5.41, 5.74) is 4.80. The third-order valence-corrected chi connectivity index (χ3v) is 6.52. The fourth-order valence-corrected chi connectivity index (χ4v) is 4.52. The molecular formula is C26H32F2N4O3. The maximum Gasteiger partial charge on any atom is 0.387 e. The molecule has 4 rings (SSSR count). The Morgan fingerprint density at radius 3 is 2.60 bits per heavy atom. The van der Waals surface area contributed by atoms with E-state index >= 15 is 0 Å². The number of fused-ring (bicyclic) bond motifs is 1. The van der Waals surface area contributed by atoms with E-state index in [1.807, 2.05) is 22.7 Å². The van der Waals surface area contributed by atoms with Crippen molar-refractivity contribution in [1.82, 2.24) is 19.7 Å². The van der Waals surface area contributed by atoms with Gasteiger partial charge in [-0.1, -0.05) is 6.07 Å². The number of hydrogen-bond acceptors (Lipinski definition) is 5. The second-order valence-electron chi connectivity index (χ2n) is 9.34. The largest absolute Gasteiger partial charge is 0.493 e. The first-order chi connectivity index (χ1) is 16.7. The number of aromatic nitrogens is 3. The van der Waals surface area contributed by atoms with Gasteiger partial charge in [-0.05, 0) is 75.8 Å². The van der Waals surface area contributed by atoms with Crippen LogP contribution < -0.4 is 9.47 Å². The van der Waals surface area contributed by atoms with Gasteiger partial charge in [-0.3, -0.25) is 4.79 Å². The Labute approximate surface area is 204 Å². The van der Waals surface area contributed by atoms with Crippen molar-refractivity contribution in [3.63, 3.8) is 0 Å². The minimum absolute atomic E-state index is 0.0230. The van der Waals surface area contributed by atoms with E-state index in [1.165, 1.54) is 13.2 Å². The van der Waals surface area contributed by atoms with Gasteiger partial charge in [-0.25, -0.2) is 9.67 Å². The second kappa shape index (κ2) is 10.2. The third-order valence-electron chi connectivity index (χ3n) is 6.52. The predicted molar refractivity (Wildman–Crippen MR) is 129 cm³/mol. The zero-order valence-electron chi connectivity index (χ0n) is 20.8. The van der Waals surface area contributed by atoms with Crippen molar-refractivity contribution in [3.05, 3.63) is 46.8 Å². The Hall–Kier alpha value is -3.23. The molecule has 2 heterocycles. The molecule has 0 radical (unpaired) electrons. The molecule has 0 atom stereocenters. The first-order valence-electron chi connectivity index (χ1n) is 11.9. The van der Waals surface area contributed by atoms with Crippen molar-refractivity contribution in [3.8, 4) is 11.5 Å². The number of nitrogens with zero attached hydrogens (tertiary/aromatic N) is 4. The Morgan fingerprint density at radius 1 is 1.23 bits per heavy atom. The molecule has 35 heavy (non-hydrogen) atoms. The summed E-state index contributed by atoms with van der Waals surface area (Å²) in [5.74, 6) is 0.264. The molecule has 1 aliphatic rings. The summed E-state index contributed by atoms with van der Waals surface area (Å²) in [6.07, 6.45) is 4.76. The molecule has 1 saturated carbocycles. The number of aryl methyl sites for hydroxylation is 2. The molecule has 7 nitrogen and oxygen atoms in total. The zero-order valence-corrected chi connectivity index (χ0v) is 20.8. The van der Waals surface area contributed by atoms with E-state index in [9.17, 15) is 13.6 Å². The summed E-state index contributed by atoms with van der Waals surface area (Å²) >= 11 is 0. The van der Waals surface area contributed by atoms with E-state index in [0.29, 0.717) is 19.4 Å². The molecule has 2 aromatic heterocycles. The second-order valence-corrected chi connectivity index (χ2v) is 9.34. The third kappa shape index (κ3) is 5.39. The molecule has 1 aliphatic carbocycles. The summed E-state index contributed by atoms with van der Waals surface area (Å²) in [7, 11) is 1.40. The van der Waals surface area contributed by atoms with Crippen LogP contribution in [0.1, 0.15) is 61.5 Å². The van der Waals surface area contributed by atoms with E-state index in [-0.39, 0.29) is 29.5 Å². The topological polar surface area (TPSA) is 69.5 Å². The van der Waals surface area contributed by atoms with Crippen molar-refractivity contribution in [2.45, 2.75) is 78.6 Å². The quantitative estimate of drug-likeness (QED) is 0.386. The van der Waals surface area contributed by atoms with E-state index in [0.717, 1.165) is 46.3 Å². The number of ether oxygens (including phenoxy) is 2. The van der Waals surface area contributed by atoms with Crippen LogP contribution in [-0.2, 0) is 17.8 Å². The average Bonchev–Trinajstić information content (AvgIpc) is 3.55. The first-order valence-corrected chi connectivity index (χ1v) is 11.9. The number of pyridine rings is 1. The molecule has 0 bridgehead atoms. The minimum Gasteiger partial charge on any atom is -0.493 e. The molecule has 0 N–H and O–H groups in total. The van der Waals surface area contributed by atoms with E-state index < -0.39 is 6.61 Å². The molecule has 0 aliphatic heterocycles. The highest BCUT2D eigenvalue weighted by atomic mass is 19.3. The smallest absolute Gasteiger partial charge is 0.387 e. The number of methoxy groups -OCH3 is 1. The highest BCUT2D eigenvalue weighted by molar-refractivity contribution is 5.81. The van der Waals surface area contributed by atoms with Crippen LogP contribution in [0.4, 0.5) is 8.78 Å². The van der Waals surface area contributed by atoms with Gasteiger partial charge in [0.2, 0.25) is 5.91 Å². The Kier molecular flexibility index (Phi) is 7.23. The van der Waals surface area contributed by atoms with Gasteiger partial charge in [0.25, 0.3) is 0 Å². The van der Waals surface area contributed by atoms with Crippen LogP contribution in [0, 0.1) is 13.8 Å². The number of hydrogen-bond donors (Lipinski definition) is 0. The Bertz CT molecular complexity index is 1220. The Balaban J connectivity index is 1.49. The highest BCUT2D eigenvalue weighted by Crippen LogP contribution is 2.33. The molecule has 0 saturated heterocycles. The van der Waals surface area contributed by atoms with Crippen LogP contribution in [-0.4, -0.2) is 45.3 Å². The standard InChI is InChI=1S/C26H32F2N4O3/c1-15(2)32-25-21(13-29-32)16(3)20(17(4)30-25)9-11-24(33)31(19-7-8-19)14-18-6-10-22(35-26(27)28)23(12-18)34-5/h6,10,12-13,15,19,26H,7-9,11,14H2,1-5H3. The van der Waals surface area contributed by atoms with Crippen LogP contribution in [0.3, 0.4) is 0 Å². The minimum atomic E-state index is -2.93. The molecule has 1 aromatic carbocycles. The molecular weight excluding hydrogens is 454 g/mol. The fourth-order valence-electron chi connectivity index (χ4n) is 4.52. The molecule has 0 spiro atoms. The number of carbonyl (C=O) groups is 1. The summed E-state index contributed by atoms with van der Waals surface area (Å²) in [5, 5.41) is 5.51. The lowest BCUT2D eigenvalue weighted by Gasteiger charge is -2.23. The first kappa shape index (κ1) is 24.9. The van der Waals surface area contributed by atoms with Crippen molar-refractivity contribution in [1.29, 1.82) is 0 Å². The highest BCUT2D eigenvalue weighted by Gasteiger charge is 2.32. The van der Waals surface area contributed by atoms with Gasteiger partial charge in [0.1, 0.15) is 0 Å². The van der Waals surface area contributed by atoms with Crippen molar-refractivity contribution < 1.29 is 23.0 Å². The number of rotatable bonds is 10. The lowest BCUT2D eigenvalue weighted by atomic mass is 10.00. The maximum absolute atomic E-state index is 13.3. The van der Waals surface area contributed by atoms with Gasteiger partial charge in [-0.15, -0.1) is 0 Å². The van der Waals surface area contributed by atoms with Gasteiger partial charge >= 0.3 is 6.61 Å². The van der Waals surface area contributed by atoms with Gasteiger partial charge in [0.15, 0.2) is 17.1 Å². The zero-order chi connectivity index (χ0) is 25.3. The van der Waals surface area contributed by atoms with E-state index in [1.54, 1.807) is 12.1 Å². The average molecular weight is 487 g/mol. The van der Waals surface area contributed by atoms with Crippen LogP contribution in [0.25, 0.3) is 11.0 Å². The van der Waals surface area contributed by atoms with Gasteiger partial charge in [0, 0.05) is 36.1 Å². The van der Waals surface area contributed by atoms with Crippen LogP contribution >= 0.6 is 0 Å². The van der Waals surface area contributed by atoms with Gasteiger partial charge in [0.05, 0.1) is 13.3 Å². The lowest BCUT2D eigenvalue weighted by Crippen LogP contribution is -2.32. The normalized spacial score (nSPS) is 13.6. The monoisotopic (exact) mass is 486 g/mol. The molecule has 1 amide bonds. The SMILES string of the molecule is COc1cc(CN(C(=O)CCc2c(C)nc3c(cnn3C(C)C)c2C)C2CC2)ccc1OC(F)F. The predicted octanol–water partition coefficient (Wildman–Crippen LogP) is 5.36. The number of amides is 1. The number of halogens is 2. The van der Waals surface area contributed by atoms with E-state index in [4.69, 9.17) is 9.72 Å². The molecule has 3 aromatic rings. The van der Waals surface area contributed by atoms with Crippen molar-refractivity contribution >= 4 is 16.9 Å².